The molecule has 0 unspecified atom stereocenters. The molecule has 1 saturated heterocycles. The molecule has 1 heterocycles. The average Bonchev–Trinajstić information content (AvgIpc) is 2.35. The van der Waals surface area contributed by atoms with E-state index in [9.17, 15) is 4.79 Å². The standard InChI is InChI=1S/C11H23N3O2/c1-14(10-5-8-16-9-6-10)7-3-2-4-11(15)13-12/h10H,2-9,12H2,1H3,(H,13,15). The molecule has 0 spiro atoms. The Morgan fingerprint density at radius 3 is 2.75 bits per heavy atom. The van der Waals surface area contributed by atoms with Crippen LogP contribution in [-0.4, -0.2) is 43.7 Å². The zero-order valence-corrected chi connectivity index (χ0v) is 10.1. The minimum atomic E-state index is -0.0753. The number of hydrazine groups is 1. The van der Waals surface area contributed by atoms with Crippen LogP contribution in [0.4, 0.5) is 0 Å². The van der Waals surface area contributed by atoms with E-state index >= 15 is 0 Å². The zero-order valence-electron chi connectivity index (χ0n) is 10.1. The highest BCUT2D eigenvalue weighted by Crippen LogP contribution is 2.13. The number of ether oxygens (including phenoxy) is 1. The second kappa shape index (κ2) is 7.60. The van der Waals surface area contributed by atoms with Crippen molar-refractivity contribution in [1.29, 1.82) is 0 Å². The fourth-order valence-corrected chi connectivity index (χ4v) is 2.03. The normalized spacial score (nSPS) is 17.7. The van der Waals surface area contributed by atoms with E-state index in [0.717, 1.165) is 45.4 Å². The Balaban J connectivity index is 2.05. The number of rotatable bonds is 6. The minimum absolute atomic E-state index is 0.0753. The van der Waals surface area contributed by atoms with Gasteiger partial charge in [-0.15, -0.1) is 0 Å². The van der Waals surface area contributed by atoms with Crippen molar-refractivity contribution < 1.29 is 9.53 Å². The summed E-state index contributed by atoms with van der Waals surface area (Å²) < 4.78 is 5.33. The predicted molar refractivity (Wildman–Crippen MR) is 62.7 cm³/mol. The molecule has 0 radical (unpaired) electrons. The van der Waals surface area contributed by atoms with E-state index in [1.165, 1.54) is 0 Å². The summed E-state index contributed by atoms with van der Waals surface area (Å²) >= 11 is 0. The van der Waals surface area contributed by atoms with Crippen LogP contribution < -0.4 is 11.3 Å². The molecule has 1 aliphatic rings. The topological polar surface area (TPSA) is 67.6 Å². The van der Waals surface area contributed by atoms with Crippen LogP contribution in [0, 0.1) is 0 Å². The maximum absolute atomic E-state index is 10.9. The summed E-state index contributed by atoms with van der Waals surface area (Å²) in [5.74, 6) is 4.93. The molecule has 94 valence electrons. The van der Waals surface area contributed by atoms with Crippen molar-refractivity contribution in [2.24, 2.45) is 5.84 Å². The molecular weight excluding hydrogens is 206 g/mol. The van der Waals surface area contributed by atoms with E-state index in [1.54, 1.807) is 0 Å². The number of amides is 1. The molecule has 0 atom stereocenters. The van der Waals surface area contributed by atoms with Crippen molar-refractivity contribution in [3.63, 3.8) is 0 Å². The van der Waals surface area contributed by atoms with Crippen molar-refractivity contribution in [2.75, 3.05) is 26.8 Å². The van der Waals surface area contributed by atoms with E-state index in [4.69, 9.17) is 10.6 Å². The van der Waals surface area contributed by atoms with Gasteiger partial charge in [0.15, 0.2) is 0 Å². The molecule has 16 heavy (non-hydrogen) atoms. The summed E-state index contributed by atoms with van der Waals surface area (Å²) in [4.78, 5) is 13.3. The van der Waals surface area contributed by atoms with Gasteiger partial charge in [-0.1, -0.05) is 0 Å². The van der Waals surface area contributed by atoms with Gasteiger partial charge in [0.25, 0.3) is 0 Å². The predicted octanol–water partition coefficient (Wildman–Crippen LogP) is 0.257. The first-order valence-electron chi connectivity index (χ1n) is 6.01. The summed E-state index contributed by atoms with van der Waals surface area (Å²) in [6.45, 7) is 2.80. The lowest BCUT2D eigenvalue weighted by molar-refractivity contribution is -0.121. The SMILES string of the molecule is CN(CCCCC(=O)NN)C1CCOCC1. The number of unbranched alkanes of at least 4 members (excludes halogenated alkanes) is 1. The number of nitrogens with one attached hydrogen (secondary N) is 1. The summed E-state index contributed by atoms with van der Waals surface area (Å²) in [5.41, 5.74) is 2.15. The molecule has 0 saturated carbocycles. The van der Waals surface area contributed by atoms with E-state index < -0.39 is 0 Å². The first kappa shape index (κ1) is 13.4. The molecule has 5 heteroatoms. The molecule has 0 aromatic rings. The number of carbonyl (C=O) groups excluding carboxylic acids is 1. The summed E-state index contributed by atoms with van der Waals surface area (Å²) in [5, 5.41) is 0. The Labute approximate surface area is 97.3 Å². The van der Waals surface area contributed by atoms with Crippen LogP contribution in [0.3, 0.4) is 0 Å². The summed E-state index contributed by atoms with van der Waals surface area (Å²) in [6, 6.07) is 0.650. The number of nitrogens with two attached hydrogens (primary N) is 1. The van der Waals surface area contributed by atoms with Gasteiger partial charge in [-0.2, -0.15) is 0 Å². The van der Waals surface area contributed by atoms with Gasteiger partial charge in [0.2, 0.25) is 5.91 Å². The van der Waals surface area contributed by atoms with Gasteiger partial charge in [0, 0.05) is 25.7 Å². The highest BCUT2D eigenvalue weighted by atomic mass is 16.5. The van der Waals surface area contributed by atoms with Gasteiger partial charge in [-0.05, 0) is 39.3 Å². The molecule has 1 amide bonds. The number of hydrogen-bond donors (Lipinski definition) is 2. The van der Waals surface area contributed by atoms with Gasteiger partial charge in [0.1, 0.15) is 0 Å². The molecule has 5 nitrogen and oxygen atoms in total. The van der Waals surface area contributed by atoms with E-state index in [2.05, 4.69) is 17.4 Å². The lowest BCUT2D eigenvalue weighted by Crippen LogP contribution is -2.37. The Kier molecular flexibility index (Phi) is 6.37. The maximum atomic E-state index is 10.9. The van der Waals surface area contributed by atoms with E-state index in [-0.39, 0.29) is 5.91 Å². The van der Waals surface area contributed by atoms with Crippen LogP contribution in [0.2, 0.25) is 0 Å². The number of carbonyl (C=O) groups is 1. The fraction of sp³-hybridized carbons (Fsp3) is 0.909. The van der Waals surface area contributed by atoms with Gasteiger partial charge in [0.05, 0.1) is 0 Å². The van der Waals surface area contributed by atoms with Crippen LogP contribution >= 0.6 is 0 Å². The van der Waals surface area contributed by atoms with Crippen molar-refractivity contribution in [2.45, 2.75) is 38.1 Å². The molecular formula is C11H23N3O2. The van der Waals surface area contributed by atoms with Gasteiger partial charge < -0.3 is 9.64 Å². The van der Waals surface area contributed by atoms with Crippen molar-refractivity contribution >= 4 is 5.91 Å². The van der Waals surface area contributed by atoms with Crippen molar-refractivity contribution in [3.05, 3.63) is 0 Å². The Morgan fingerprint density at radius 1 is 1.44 bits per heavy atom. The summed E-state index contributed by atoms with van der Waals surface area (Å²) in [6.07, 6.45) is 4.72. The molecule has 1 aliphatic heterocycles. The average molecular weight is 229 g/mol. The maximum Gasteiger partial charge on any atom is 0.233 e. The smallest absolute Gasteiger partial charge is 0.233 e. The van der Waals surface area contributed by atoms with E-state index in [1.807, 2.05) is 0 Å². The monoisotopic (exact) mass is 229 g/mol. The molecule has 0 aromatic heterocycles. The van der Waals surface area contributed by atoms with Crippen molar-refractivity contribution in [3.8, 4) is 0 Å². The van der Waals surface area contributed by atoms with Gasteiger partial charge in [-0.25, -0.2) is 5.84 Å². The molecule has 0 aromatic carbocycles. The lowest BCUT2D eigenvalue weighted by atomic mass is 10.1. The Hall–Kier alpha value is -0.650. The summed E-state index contributed by atoms with van der Waals surface area (Å²) in [7, 11) is 2.15. The zero-order chi connectivity index (χ0) is 11.8. The van der Waals surface area contributed by atoms with Gasteiger partial charge >= 0.3 is 0 Å². The number of hydrogen-bond acceptors (Lipinski definition) is 4. The Bertz CT molecular complexity index is 205. The first-order chi connectivity index (χ1) is 7.74. The van der Waals surface area contributed by atoms with Crippen LogP contribution in [0.5, 0.6) is 0 Å². The minimum Gasteiger partial charge on any atom is -0.381 e. The lowest BCUT2D eigenvalue weighted by Gasteiger charge is -2.31. The number of nitrogens with zero attached hydrogens (tertiary/aromatic N) is 1. The van der Waals surface area contributed by atoms with Crippen molar-refractivity contribution in [1.82, 2.24) is 10.3 Å². The third-order valence-corrected chi connectivity index (χ3v) is 3.14. The van der Waals surface area contributed by atoms with E-state index in [0.29, 0.717) is 12.5 Å². The highest BCUT2D eigenvalue weighted by molar-refractivity contribution is 5.75. The van der Waals surface area contributed by atoms with Crippen LogP contribution in [0.25, 0.3) is 0 Å². The first-order valence-corrected chi connectivity index (χ1v) is 6.01. The van der Waals surface area contributed by atoms with Crippen LogP contribution in [0.1, 0.15) is 32.1 Å². The molecule has 1 rings (SSSR count). The second-order valence-electron chi connectivity index (χ2n) is 4.35. The Morgan fingerprint density at radius 2 is 2.12 bits per heavy atom. The van der Waals surface area contributed by atoms with Crippen LogP contribution in [0.15, 0.2) is 0 Å². The highest BCUT2D eigenvalue weighted by Gasteiger charge is 2.17. The molecule has 3 N–H and O–H groups in total. The fourth-order valence-electron chi connectivity index (χ4n) is 2.03. The third-order valence-electron chi connectivity index (χ3n) is 3.14. The molecule has 1 fully saturated rings. The largest absolute Gasteiger partial charge is 0.381 e. The quantitative estimate of drug-likeness (QED) is 0.297. The van der Waals surface area contributed by atoms with Gasteiger partial charge in [-0.3, -0.25) is 10.2 Å². The molecule has 0 aliphatic carbocycles. The molecule has 0 bridgehead atoms. The second-order valence-corrected chi connectivity index (χ2v) is 4.35. The van der Waals surface area contributed by atoms with Crippen LogP contribution in [-0.2, 0) is 9.53 Å². The third kappa shape index (κ3) is 4.92.